The van der Waals surface area contributed by atoms with Crippen LogP contribution < -0.4 is 4.74 Å². The summed E-state index contributed by atoms with van der Waals surface area (Å²) in [7, 11) is 0. The second-order valence-corrected chi connectivity index (χ2v) is 13.8. The number of likely N-dealkylation sites (tertiary alicyclic amines) is 1. The second-order valence-electron chi connectivity index (χ2n) is 13.8. The van der Waals surface area contributed by atoms with Crippen molar-refractivity contribution in [2.75, 3.05) is 32.7 Å². The van der Waals surface area contributed by atoms with Crippen LogP contribution in [0.15, 0.2) is 54.6 Å². The molecule has 2 aliphatic heterocycles. The lowest BCUT2D eigenvalue weighted by Crippen LogP contribution is -2.60. The number of amides is 2. The molecule has 43 heavy (non-hydrogen) atoms. The van der Waals surface area contributed by atoms with Gasteiger partial charge in [-0.1, -0.05) is 63.2 Å². The van der Waals surface area contributed by atoms with Crippen LogP contribution in [0.2, 0.25) is 0 Å². The highest BCUT2D eigenvalue weighted by atomic mass is 19.3. The maximum Gasteiger partial charge on any atom is 0.410 e. The largest absolute Gasteiger partial charge is 0.444 e. The molecule has 2 amide bonds. The zero-order chi connectivity index (χ0) is 31.4. The van der Waals surface area contributed by atoms with Gasteiger partial charge in [0.05, 0.1) is 6.04 Å². The molecular formula is C34H47F2N3O4. The quantitative estimate of drug-likeness (QED) is 0.344. The summed E-state index contributed by atoms with van der Waals surface area (Å²) in [5, 5.41) is 0. The van der Waals surface area contributed by atoms with Crippen molar-refractivity contribution in [2.24, 2.45) is 11.3 Å². The predicted octanol–water partition coefficient (Wildman–Crippen LogP) is 6.97. The molecule has 7 nitrogen and oxygen atoms in total. The first-order valence-electron chi connectivity index (χ1n) is 15.3. The number of benzene rings is 2. The lowest BCUT2D eigenvalue weighted by Gasteiger charge is -2.50. The van der Waals surface area contributed by atoms with Crippen LogP contribution in [-0.4, -0.2) is 77.7 Å². The SMILES string of the molecule is CC(C)(C)OC(=O)N1CCC(CC(=O)N2CCN(C(c3ccccc3)c3cccc(OC(F)F)c3)C[C@@H]2C(C)(C)C)CC1. The Morgan fingerprint density at radius 3 is 2.14 bits per heavy atom. The topological polar surface area (TPSA) is 62.3 Å². The van der Waals surface area contributed by atoms with E-state index in [4.69, 9.17) is 9.47 Å². The minimum absolute atomic E-state index is 0.0395. The van der Waals surface area contributed by atoms with E-state index < -0.39 is 12.2 Å². The molecule has 0 aromatic heterocycles. The Morgan fingerprint density at radius 2 is 1.53 bits per heavy atom. The first-order valence-corrected chi connectivity index (χ1v) is 15.3. The Hall–Kier alpha value is -3.20. The molecule has 0 saturated carbocycles. The zero-order valence-corrected chi connectivity index (χ0v) is 26.4. The van der Waals surface area contributed by atoms with E-state index in [1.165, 1.54) is 0 Å². The third kappa shape index (κ3) is 8.91. The number of carbonyl (C=O) groups excluding carboxylic acids is 2. The Morgan fingerprint density at radius 1 is 0.884 bits per heavy atom. The van der Waals surface area contributed by atoms with Crippen molar-refractivity contribution in [2.45, 2.75) is 85.1 Å². The third-order valence-corrected chi connectivity index (χ3v) is 8.34. The summed E-state index contributed by atoms with van der Waals surface area (Å²) in [6.07, 6.45) is 1.72. The number of carbonyl (C=O) groups is 2. The average molecular weight is 600 g/mol. The summed E-state index contributed by atoms with van der Waals surface area (Å²) in [5.41, 5.74) is 1.21. The van der Waals surface area contributed by atoms with Gasteiger partial charge in [0.1, 0.15) is 11.4 Å². The zero-order valence-electron chi connectivity index (χ0n) is 26.4. The van der Waals surface area contributed by atoms with Gasteiger partial charge in [-0.25, -0.2) is 4.79 Å². The molecule has 2 saturated heterocycles. The highest BCUT2D eigenvalue weighted by molar-refractivity contribution is 5.77. The Kier molecular flexibility index (Phi) is 10.4. The Bertz CT molecular complexity index is 1220. The average Bonchev–Trinajstić information content (AvgIpc) is 2.92. The molecule has 1 unspecified atom stereocenters. The highest BCUT2D eigenvalue weighted by Crippen LogP contribution is 2.37. The highest BCUT2D eigenvalue weighted by Gasteiger charge is 2.41. The maximum atomic E-state index is 13.8. The minimum atomic E-state index is -2.89. The van der Waals surface area contributed by atoms with Crippen molar-refractivity contribution in [3.8, 4) is 5.75 Å². The fraction of sp³-hybridized carbons (Fsp3) is 0.588. The van der Waals surface area contributed by atoms with E-state index in [-0.39, 0.29) is 41.2 Å². The molecule has 236 valence electrons. The van der Waals surface area contributed by atoms with Gasteiger partial charge in [-0.15, -0.1) is 0 Å². The summed E-state index contributed by atoms with van der Waals surface area (Å²) in [4.78, 5) is 32.4. The number of alkyl halides is 2. The first-order chi connectivity index (χ1) is 20.2. The van der Waals surface area contributed by atoms with Crippen LogP contribution in [0.5, 0.6) is 5.75 Å². The summed E-state index contributed by atoms with van der Waals surface area (Å²) in [6, 6.07) is 16.8. The van der Waals surface area contributed by atoms with E-state index in [9.17, 15) is 18.4 Å². The van der Waals surface area contributed by atoms with Gasteiger partial charge >= 0.3 is 12.7 Å². The van der Waals surface area contributed by atoms with Gasteiger partial charge in [-0.05, 0) is 68.2 Å². The van der Waals surface area contributed by atoms with Crippen molar-refractivity contribution in [3.63, 3.8) is 0 Å². The maximum absolute atomic E-state index is 13.8. The molecule has 0 aliphatic carbocycles. The number of rotatable bonds is 7. The van der Waals surface area contributed by atoms with Gasteiger partial charge in [0.25, 0.3) is 0 Å². The van der Waals surface area contributed by atoms with Gasteiger partial charge in [0.2, 0.25) is 5.91 Å². The second kappa shape index (κ2) is 13.6. The molecule has 0 spiro atoms. The molecule has 2 aromatic rings. The molecule has 2 aromatic carbocycles. The summed E-state index contributed by atoms with van der Waals surface area (Å²) >= 11 is 0. The van der Waals surface area contributed by atoms with Gasteiger partial charge in [-0.2, -0.15) is 8.78 Å². The molecule has 2 heterocycles. The van der Waals surface area contributed by atoms with Crippen molar-refractivity contribution >= 4 is 12.0 Å². The third-order valence-electron chi connectivity index (χ3n) is 8.34. The molecule has 2 atom stereocenters. The molecule has 2 aliphatic rings. The monoisotopic (exact) mass is 599 g/mol. The molecule has 2 fully saturated rings. The number of halogens is 2. The van der Waals surface area contributed by atoms with Crippen LogP contribution >= 0.6 is 0 Å². The van der Waals surface area contributed by atoms with Gasteiger partial charge in [0.15, 0.2) is 0 Å². The summed E-state index contributed by atoms with van der Waals surface area (Å²) in [6.45, 7) is 12.2. The van der Waals surface area contributed by atoms with Gasteiger partial charge < -0.3 is 19.3 Å². The van der Waals surface area contributed by atoms with Crippen LogP contribution in [0.3, 0.4) is 0 Å². The fourth-order valence-electron chi connectivity index (χ4n) is 6.20. The smallest absolute Gasteiger partial charge is 0.410 e. The van der Waals surface area contributed by atoms with Crippen LogP contribution in [-0.2, 0) is 9.53 Å². The Balaban J connectivity index is 1.48. The molecule has 0 radical (unpaired) electrons. The van der Waals surface area contributed by atoms with E-state index >= 15 is 0 Å². The summed E-state index contributed by atoms with van der Waals surface area (Å²) in [5.74, 6) is 0.505. The van der Waals surface area contributed by atoms with Crippen molar-refractivity contribution in [1.82, 2.24) is 14.7 Å². The van der Waals surface area contributed by atoms with Crippen LogP contribution in [0.1, 0.15) is 78.0 Å². The number of piperazine rings is 1. The number of piperidine rings is 1. The lowest BCUT2D eigenvalue weighted by atomic mass is 9.82. The molecule has 4 rings (SSSR count). The van der Waals surface area contributed by atoms with Gasteiger partial charge in [0, 0.05) is 45.2 Å². The van der Waals surface area contributed by atoms with Crippen molar-refractivity contribution < 1.29 is 27.8 Å². The predicted molar refractivity (Wildman–Crippen MR) is 163 cm³/mol. The molecule has 9 heteroatoms. The number of nitrogens with zero attached hydrogens (tertiary/aromatic N) is 3. The molecule has 0 N–H and O–H groups in total. The van der Waals surface area contributed by atoms with E-state index in [1.807, 2.05) is 45.0 Å². The number of ether oxygens (including phenoxy) is 2. The minimum Gasteiger partial charge on any atom is -0.444 e. The molecular weight excluding hydrogens is 552 g/mol. The number of hydrogen-bond acceptors (Lipinski definition) is 5. The van der Waals surface area contributed by atoms with E-state index in [0.717, 1.165) is 24.0 Å². The lowest BCUT2D eigenvalue weighted by molar-refractivity contribution is -0.141. The van der Waals surface area contributed by atoms with E-state index in [1.54, 1.807) is 23.1 Å². The summed E-state index contributed by atoms with van der Waals surface area (Å²) < 4.78 is 36.3. The normalized spacial score (nSPS) is 19.8. The van der Waals surface area contributed by atoms with Crippen LogP contribution in [0.4, 0.5) is 13.6 Å². The number of hydrogen-bond donors (Lipinski definition) is 0. The molecule has 0 bridgehead atoms. The van der Waals surface area contributed by atoms with Gasteiger partial charge in [-0.3, -0.25) is 9.69 Å². The Labute approximate surface area is 255 Å². The van der Waals surface area contributed by atoms with Crippen LogP contribution in [0.25, 0.3) is 0 Å². The fourth-order valence-corrected chi connectivity index (χ4v) is 6.20. The van der Waals surface area contributed by atoms with E-state index in [2.05, 4.69) is 42.7 Å². The first kappa shape index (κ1) is 32.7. The van der Waals surface area contributed by atoms with Crippen molar-refractivity contribution in [3.05, 3.63) is 65.7 Å². The van der Waals surface area contributed by atoms with E-state index in [0.29, 0.717) is 39.1 Å². The van der Waals surface area contributed by atoms with Crippen molar-refractivity contribution in [1.29, 1.82) is 0 Å². The van der Waals surface area contributed by atoms with Crippen LogP contribution in [0, 0.1) is 11.3 Å². The standard InChI is InChI=1S/C34H47F2N3O4/c1-33(2,3)28-23-38(30(25-11-8-7-9-12-25)26-13-10-14-27(22-26)42-31(35)36)19-20-39(28)29(40)21-24-15-17-37(18-16-24)32(41)43-34(4,5)6/h7-14,22,24,28,30-31H,15-21,23H2,1-6H3/t28-,30?/m1/s1.